The molecule has 0 fully saturated rings. The van der Waals surface area contributed by atoms with Crippen molar-refractivity contribution in [3.05, 3.63) is 0 Å². The third kappa shape index (κ3) is 1.99. The van der Waals surface area contributed by atoms with Crippen LogP contribution in [0, 0.1) is 16.2 Å². The summed E-state index contributed by atoms with van der Waals surface area (Å²) in [6, 6.07) is 0. The maximum atomic E-state index is 11.8. The van der Waals surface area contributed by atoms with Crippen molar-refractivity contribution in [1.29, 1.82) is 0 Å². The number of rotatable bonds is 6. The first-order chi connectivity index (χ1) is 7.13. The van der Waals surface area contributed by atoms with E-state index in [4.69, 9.17) is 0 Å². The molecule has 2 heteroatoms. The molecule has 0 bridgehead atoms. The first-order valence-corrected chi connectivity index (χ1v) is 6.36. The normalized spacial score (nSPS) is 16.9. The standard InChI is InChI=1S/C14H28O2/c1-8-12(4,5)14(7,11(15)16)13(6,9-2)10-3/h8-10H2,1-7H3,(H,15,16). The minimum Gasteiger partial charge on any atom is -0.481 e. The summed E-state index contributed by atoms with van der Waals surface area (Å²) < 4.78 is 0. The van der Waals surface area contributed by atoms with E-state index in [0.717, 1.165) is 19.3 Å². The molecule has 0 aromatic rings. The van der Waals surface area contributed by atoms with Crippen LogP contribution < -0.4 is 0 Å². The second-order valence-electron chi connectivity index (χ2n) is 5.94. The number of aliphatic carboxylic acids is 1. The molecule has 0 aliphatic carbocycles. The van der Waals surface area contributed by atoms with E-state index in [0.29, 0.717) is 0 Å². The van der Waals surface area contributed by atoms with E-state index >= 15 is 0 Å². The van der Waals surface area contributed by atoms with Crippen LogP contribution in [0.15, 0.2) is 0 Å². The lowest BCUT2D eigenvalue weighted by molar-refractivity contribution is -0.171. The summed E-state index contributed by atoms with van der Waals surface area (Å²) in [6.07, 6.45) is 2.68. The van der Waals surface area contributed by atoms with Crippen molar-refractivity contribution in [2.24, 2.45) is 16.2 Å². The van der Waals surface area contributed by atoms with Gasteiger partial charge in [0.15, 0.2) is 0 Å². The van der Waals surface area contributed by atoms with Crippen LogP contribution >= 0.6 is 0 Å². The van der Waals surface area contributed by atoms with E-state index in [1.807, 2.05) is 6.92 Å². The molecule has 1 N–H and O–H groups in total. The minimum absolute atomic E-state index is 0.154. The molecule has 0 radical (unpaired) electrons. The van der Waals surface area contributed by atoms with Gasteiger partial charge in [-0.3, -0.25) is 4.79 Å². The average molecular weight is 228 g/mol. The van der Waals surface area contributed by atoms with Gasteiger partial charge in [-0.15, -0.1) is 0 Å². The predicted octanol–water partition coefficient (Wildman–Crippen LogP) is 4.34. The Morgan fingerprint density at radius 3 is 1.50 bits per heavy atom. The highest BCUT2D eigenvalue weighted by molar-refractivity contribution is 5.76. The average Bonchev–Trinajstić information content (AvgIpc) is 2.26. The van der Waals surface area contributed by atoms with Gasteiger partial charge in [-0.25, -0.2) is 0 Å². The van der Waals surface area contributed by atoms with Gasteiger partial charge in [-0.1, -0.05) is 41.5 Å². The maximum Gasteiger partial charge on any atom is 0.310 e. The Bertz CT molecular complexity index is 251. The zero-order valence-corrected chi connectivity index (χ0v) is 12.0. The fourth-order valence-corrected chi connectivity index (χ4v) is 2.68. The summed E-state index contributed by atoms with van der Waals surface area (Å²) in [4.78, 5) is 11.8. The molecular formula is C14H28O2. The highest BCUT2D eigenvalue weighted by Gasteiger charge is 2.56. The Morgan fingerprint density at radius 2 is 1.31 bits per heavy atom. The number of hydrogen-bond acceptors (Lipinski definition) is 1. The van der Waals surface area contributed by atoms with Crippen LogP contribution in [0.1, 0.15) is 67.7 Å². The molecule has 16 heavy (non-hydrogen) atoms. The van der Waals surface area contributed by atoms with E-state index in [1.54, 1.807) is 0 Å². The highest BCUT2D eigenvalue weighted by Crippen LogP contribution is 2.56. The van der Waals surface area contributed by atoms with Crippen molar-refractivity contribution in [1.82, 2.24) is 0 Å². The molecule has 1 atom stereocenters. The van der Waals surface area contributed by atoms with Crippen molar-refractivity contribution >= 4 is 5.97 Å². The monoisotopic (exact) mass is 228 g/mol. The lowest BCUT2D eigenvalue weighted by Crippen LogP contribution is -2.53. The van der Waals surface area contributed by atoms with Crippen LogP contribution in [0.5, 0.6) is 0 Å². The van der Waals surface area contributed by atoms with E-state index in [2.05, 4.69) is 41.5 Å². The van der Waals surface area contributed by atoms with Gasteiger partial charge in [0.1, 0.15) is 0 Å². The molecule has 1 unspecified atom stereocenters. The van der Waals surface area contributed by atoms with Gasteiger partial charge in [0, 0.05) is 0 Å². The fraction of sp³-hybridized carbons (Fsp3) is 0.929. The Labute approximate surface area is 100 Å². The Morgan fingerprint density at radius 1 is 0.938 bits per heavy atom. The lowest BCUT2D eigenvalue weighted by Gasteiger charge is -2.52. The molecule has 0 aliphatic rings. The Balaban J connectivity index is 5.70. The van der Waals surface area contributed by atoms with E-state index in [-0.39, 0.29) is 10.8 Å². The van der Waals surface area contributed by atoms with Crippen molar-refractivity contribution in [3.8, 4) is 0 Å². The van der Waals surface area contributed by atoms with Crippen LogP contribution in [0.3, 0.4) is 0 Å². The number of hydrogen-bond donors (Lipinski definition) is 1. The Hall–Kier alpha value is -0.530. The molecular weight excluding hydrogens is 200 g/mol. The van der Waals surface area contributed by atoms with Gasteiger partial charge in [0.2, 0.25) is 0 Å². The molecule has 0 rings (SSSR count). The van der Waals surface area contributed by atoms with Crippen LogP contribution in [0.2, 0.25) is 0 Å². The van der Waals surface area contributed by atoms with Crippen LogP contribution in [-0.2, 0) is 4.79 Å². The summed E-state index contributed by atoms with van der Waals surface area (Å²) in [6.45, 7) is 14.4. The summed E-state index contributed by atoms with van der Waals surface area (Å²) in [7, 11) is 0. The highest BCUT2D eigenvalue weighted by atomic mass is 16.4. The van der Waals surface area contributed by atoms with Gasteiger partial charge in [-0.2, -0.15) is 0 Å². The molecule has 0 aromatic carbocycles. The second-order valence-corrected chi connectivity index (χ2v) is 5.94. The third-order valence-electron chi connectivity index (χ3n) is 5.43. The quantitative estimate of drug-likeness (QED) is 0.734. The Kier molecular flexibility index (Phi) is 4.61. The zero-order chi connectivity index (χ0) is 13.2. The van der Waals surface area contributed by atoms with Crippen molar-refractivity contribution in [3.63, 3.8) is 0 Å². The van der Waals surface area contributed by atoms with E-state index < -0.39 is 11.4 Å². The molecule has 0 aliphatic heterocycles. The van der Waals surface area contributed by atoms with Gasteiger partial charge in [-0.05, 0) is 37.0 Å². The smallest absolute Gasteiger partial charge is 0.310 e. The first-order valence-electron chi connectivity index (χ1n) is 6.36. The van der Waals surface area contributed by atoms with Crippen LogP contribution in [0.25, 0.3) is 0 Å². The molecule has 0 saturated heterocycles. The topological polar surface area (TPSA) is 37.3 Å². The minimum atomic E-state index is -0.682. The molecule has 0 heterocycles. The third-order valence-corrected chi connectivity index (χ3v) is 5.43. The van der Waals surface area contributed by atoms with Gasteiger partial charge in [0.25, 0.3) is 0 Å². The number of carboxylic acids is 1. The largest absolute Gasteiger partial charge is 0.481 e. The molecule has 0 saturated carbocycles. The predicted molar refractivity (Wildman–Crippen MR) is 68.5 cm³/mol. The molecule has 0 amide bonds. The van der Waals surface area contributed by atoms with Crippen LogP contribution in [-0.4, -0.2) is 11.1 Å². The van der Waals surface area contributed by atoms with E-state index in [9.17, 15) is 9.90 Å². The SMILES string of the molecule is CCC(C)(C)C(C)(C(=O)O)C(C)(CC)CC. The zero-order valence-electron chi connectivity index (χ0n) is 12.0. The summed E-state index contributed by atoms with van der Waals surface area (Å²) >= 11 is 0. The molecule has 0 aromatic heterocycles. The molecule has 2 nitrogen and oxygen atoms in total. The number of carbonyl (C=O) groups is 1. The van der Waals surface area contributed by atoms with Crippen LogP contribution in [0.4, 0.5) is 0 Å². The van der Waals surface area contributed by atoms with Gasteiger partial charge in [0.05, 0.1) is 5.41 Å². The molecule has 96 valence electrons. The maximum absolute atomic E-state index is 11.8. The van der Waals surface area contributed by atoms with Crippen molar-refractivity contribution in [2.75, 3.05) is 0 Å². The fourth-order valence-electron chi connectivity index (χ4n) is 2.68. The number of carboxylic acid groups (broad SMARTS) is 1. The summed E-state index contributed by atoms with van der Waals surface area (Å²) in [5, 5.41) is 9.70. The van der Waals surface area contributed by atoms with Gasteiger partial charge < -0.3 is 5.11 Å². The van der Waals surface area contributed by atoms with Gasteiger partial charge >= 0.3 is 5.97 Å². The van der Waals surface area contributed by atoms with E-state index in [1.165, 1.54) is 0 Å². The first kappa shape index (κ1) is 15.5. The summed E-state index contributed by atoms with van der Waals surface area (Å²) in [5.41, 5.74) is -1.03. The molecule has 0 spiro atoms. The summed E-state index contributed by atoms with van der Waals surface area (Å²) in [5.74, 6) is -0.662. The van der Waals surface area contributed by atoms with Crippen molar-refractivity contribution in [2.45, 2.75) is 67.7 Å². The van der Waals surface area contributed by atoms with Crippen molar-refractivity contribution < 1.29 is 9.90 Å². The lowest BCUT2D eigenvalue weighted by atomic mass is 9.50. The second kappa shape index (κ2) is 4.77.